The van der Waals surface area contributed by atoms with Crippen molar-refractivity contribution in [3.05, 3.63) is 46.3 Å². The Labute approximate surface area is 208 Å². The van der Waals surface area contributed by atoms with Crippen molar-refractivity contribution in [3.63, 3.8) is 0 Å². The van der Waals surface area contributed by atoms with Crippen LogP contribution in [0.3, 0.4) is 0 Å². The van der Waals surface area contributed by atoms with Gasteiger partial charge in [0.1, 0.15) is 17.0 Å². The fourth-order valence-electron chi connectivity index (χ4n) is 5.31. The van der Waals surface area contributed by atoms with Crippen molar-refractivity contribution in [2.75, 3.05) is 12.4 Å². The second-order valence-corrected chi connectivity index (χ2v) is 10.6. The van der Waals surface area contributed by atoms with Gasteiger partial charge in [-0.25, -0.2) is 0 Å². The third kappa shape index (κ3) is 4.07. The molecular weight excluding hydrogens is 464 g/mol. The Morgan fingerprint density at radius 1 is 1.23 bits per heavy atom. The predicted octanol–water partition coefficient (Wildman–Crippen LogP) is 4.14. The van der Waals surface area contributed by atoms with Gasteiger partial charge in [-0.3, -0.25) is 14.4 Å². The predicted molar refractivity (Wildman–Crippen MR) is 136 cm³/mol. The third-order valence-electron chi connectivity index (χ3n) is 7.15. The van der Waals surface area contributed by atoms with E-state index in [0.29, 0.717) is 29.1 Å². The average Bonchev–Trinajstić information content (AvgIpc) is 3.58. The normalized spacial score (nSPS) is 20.2. The summed E-state index contributed by atoms with van der Waals surface area (Å²) in [6.07, 6.45) is 4.14. The molecule has 3 heterocycles. The van der Waals surface area contributed by atoms with Crippen LogP contribution >= 0.6 is 11.3 Å². The molecular formula is C26H30N4O4S. The molecule has 1 aliphatic heterocycles. The fourth-order valence-corrected chi connectivity index (χ4v) is 6.00. The van der Waals surface area contributed by atoms with E-state index in [1.807, 2.05) is 47.2 Å². The van der Waals surface area contributed by atoms with E-state index in [2.05, 4.69) is 10.6 Å². The van der Waals surface area contributed by atoms with Crippen LogP contribution in [0.5, 0.6) is 5.75 Å². The van der Waals surface area contributed by atoms with Crippen LogP contribution in [-0.4, -0.2) is 45.9 Å². The zero-order chi connectivity index (χ0) is 24.7. The van der Waals surface area contributed by atoms with Gasteiger partial charge in [0, 0.05) is 23.2 Å². The maximum atomic E-state index is 14.2. The first-order valence-corrected chi connectivity index (χ1v) is 12.8. The number of nitrogens with zero attached hydrogens (tertiary/aromatic N) is 2. The fraction of sp³-hybridized carbons (Fsp3) is 0.423. The minimum absolute atomic E-state index is 0.139. The summed E-state index contributed by atoms with van der Waals surface area (Å²) in [5, 5.41) is 8.77. The summed E-state index contributed by atoms with van der Waals surface area (Å²) in [5.74, 6) is -0.0752. The van der Waals surface area contributed by atoms with Crippen LogP contribution in [0.25, 0.3) is 10.9 Å². The highest BCUT2D eigenvalue weighted by Crippen LogP contribution is 2.41. The largest absolute Gasteiger partial charge is 0.497 e. The number of carbonyl (C=O) groups is 3. The van der Waals surface area contributed by atoms with Crippen LogP contribution in [0.4, 0.5) is 5.69 Å². The maximum Gasteiger partial charge on any atom is 0.273 e. The molecule has 3 amide bonds. The van der Waals surface area contributed by atoms with E-state index in [1.54, 1.807) is 23.3 Å². The number of anilines is 1. The minimum Gasteiger partial charge on any atom is -0.497 e. The number of fused-ring (bicyclic) bond motifs is 3. The Morgan fingerprint density at radius 2 is 2.00 bits per heavy atom. The molecule has 3 aromatic rings. The summed E-state index contributed by atoms with van der Waals surface area (Å²) in [4.78, 5) is 42.7. The summed E-state index contributed by atoms with van der Waals surface area (Å²) >= 11 is 1.55. The van der Waals surface area contributed by atoms with Gasteiger partial charge in [-0.2, -0.15) is 0 Å². The number of methoxy groups -OCH3 is 1. The molecule has 1 aromatic carbocycles. The summed E-state index contributed by atoms with van der Waals surface area (Å²) < 4.78 is 7.28. The molecule has 2 aliphatic rings. The number of carbonyl (C=O) groups excluding carboxylic acids is 3. The van der Waals surface area contributed by atoms with Crippen LogP contribution < -0.4 is 15.4 Å². The van der Waals surface area contributed by atoms with E-state index in [-0.39, 0.29) is 30.3 Å². The van der Waals surface area contributed by atoms with Gasteiger partial charge in [0.05, 0.1) is 31.4 Å². The first kappa shape index (κ1) is 23.4. The van der Waals surface area contributed by atoms with Crippen LogP contribution in [0, 0.1) is 0 Å². The van der Waals surface area contributed by atoms with E-state index in [0.717, 1.165) is 36.1 Å². The number of aromatic nitrogens is 1. The second kappa shape index (κ2) is 9.03. The van der Waals surface area contributed by atoms with Gasteiger partial charge in [0.25, 0.3) is 5.91 Å². The van der Waals surface area contributed by atoms with Crippen molar-refractivity contribution in [3.8, 4) is 5.75 Å². The van der Waals surface area contributed by atoms with Crippen molar-refractivity contribution in [1.29, 1.82) is 0 Å². The van der Waals surface area contributed by atoms with Crippen LogP contribution in [0.1, 0.15) is 54.9 Å². The highest BCUT2D eigenvalue weighted by Gasteiger charge is 2.49. The average molecular weight is 495 g/mol. The van der Waals surface area contributed by atoms with E-state index in [4.69, 9.17) is 4.74 Å². The molecule has 1 atom stereocenters. The van der Waals surface area contributed by atoms with Crippen molar-refractivity contribution in [2.24, 2.45) is 0 Å². The molecule has 184 valence electrons. The molecule has 1 aliphatic carbocycles. The van der Waals surface area contributed by atoms with Crippen LogP contribution in [0.2, 0.25) is 0 Å². The quantitative estimate of drug-likeness (QED) is 0.539. The Bertz CT molecular complexity index is 1290. The summed E-state index contributed by atoms with van der Waals surface area (Å²) in [5.41, 5.74) is 0.501. The Balaban J connectivity index is 1.66. The minimum atomic E-state index is -1.10. The van der Waals surface area contributed by atoms with E-state index in [1.165, 1.54) is 6.92 Å². The monoisotopic (exact) mass is 494 g/mol. The Hall–Kier alpha value is -3.33. The molecule has 0 radical (unpaired) electrons. The van der Waals surface area contributed by atoms with Gasteiger partial charge in [-0.1, -0.05) is 18.9 Å². The number of amides is 3. The molecule has 35 heavy (non-hydrogen) atoms. The van der Waals surface area contributed by atoms with Crippen molar-refractivity contribution in [2.45, 2.75) is 64.2 Å². The van der Waals surface area contributed by atoms with Gasteiger partial charge in [0.2, 0.25) is 11.8 Å². The van der Waals surface area contributed by atoms with E-state index in [9.17, 15) is 14.4 Å². The Kier molecular flexibility index (Phi) is 6.04. The number of hydrogen-bond acceptors (Lipinski definition) is 5. The molecule has 0 spiro atoms. The lowest BCUT2D eigenvalue weighted by molar-refractivity contribution is -0.133. The van der Waals surface area contributed by atoms with Crippen molar-refractivity contribution in [1.82, 2.24) is 14.8 Å². The second-order valence-electron chi connectivity index (χ2n) is 9.57. The Morgan fingerprint density at radius 3 is 2.66 bits per heavy atom. The molecule has 5 rings (SSSR count). The molecule has 9 heteroatoms. The molecule has 0 saturated heterocycles. The van der Waals surface area contributed by atoms with Crippen molar-refractivity contribution < 1.29 is 19.1 Å². The standard InChI is InChI=1S/C26H30N4O4S/c1-16(31)27-22-20-13-18(34-3)10-11-21(20)29-15-26(2,25(33)28-17-7-4-5-8-17)30(24(32)23(22)29)14-19-9-6-12-35-19/h6,9-13,17H,4-5,7-8,14-15H2,1-3H3,(H,27,31)(H,28,33)/t26-/m0/s1. The maximum absolute atomic E-state index is 14.2. The van der Waals surface area contributed by atoms with Gasteiger partial charge in [0.15, 0.2) is 0 Å². The SMILES string of the molecule is COc1ccc2c(c1)c(NC(C)=O)c1n2C[C@@](C)(C(=O)NC2CCCC2)N(Cc2cccs2)C1=O. The third-order valence-corrected chi connectivity index (χ3v) is 8.02. The smallest absolute Gasteiger partial charge is 0.273 e. The number of hydrogen-bond donors (Lipinski definition) is 2. The molecule has 1 fully saturated rings. The van der Waals surface area contributed by atoms with Gasteiger partial charge < -0.3 is 24.8 Å². The number of benzene rings is 1. The summed E-state index contributed by atoms with van der Waals surface area (Å²) in [7, 11) is 1.58. The van der Waals surface area contributed by atoms with Crippen LogP contribution in [0.15, 0.2) is 35.7 Å². The lowest BCUT2D eigenvalue weighted by atomic mass is 9.93. The van der Waals surface area contributed by atoms with Gasteiger partial charge in [-0.05, 0) is 49.4 Å². The van der Waals surface area contributed by atoms with E-state index < -0.39 is 5.54 Å². The van der Waals surface area contributed by atoms with Gasteiger partial charge in [-0.15, -0.1) is 11.3 Å². The molecule has 0 unspecified atom stereocenters. The topological polar surface area (TPSA) is 92.7 Å². The number of nitrogens with one attached hydrogen (secondary N) is 2. The first-order valence-electron chi connectivity index (χ1n) is 11.9. The number of rotatable bonds is 6. The molecule has 8 nitrogen and oxygen atoms in total. The van der Waals surface area contributed by atoms with Crippen LogP contribution in [-0.2, 0) is 22.7 Å². The van der Waals surface area contributed by atoms with Crippen molar-refractivity contribution >= 4 is 45.6 Å². The van der Waals surface area contributed by atoms with E-state index >= 15 is 0 Å². The van der Waals surface area contributed by atoms with Gasteiger partial charge >= 0.3 is 0 Å². The molecule has 2 aromatic heterocycles. The highest BCUT2D eigenvalue weighted by molar-refractivity contribution is 7.09. The lowest BCUT2D eigenvalue weighted by Gasteiger charge is -2.44. The summed E-state index contributed by atoms with van der Waals surface area (Å²) in [6.45, 7) is 3.86. The molecule has 1 saturated carbocycles. The first-order chi connectivity index (χ1) is 16.8. The zero-order valence-electron chi connectivity index (χ0n) is 20.2. The highest BCUT2D eigenvalue weighted by atomic mass is 32.1. The summed E-state index contributed by atoms with van der Waals surface area (Å²) in [6, 6.07) is 9.57. The molecule has 2 N–H and O–H groups in total. The number of ether oxygens (including phenoxy) is 1. The zero-order valence-corrected chi connectivity index (χ0v) is 21.0. The number of thiophene rings is 1. The lowest BCUT2D eigenvalue weighted by Crippen LogP contribution is -2.64. The molecule has 0 bridgehead atoms.